The van der Waals surface area contributed by atoms with E-state index in [1.807, 2.05) is 24.6 Å². The number of Topliss-reactive ketones (excluding diaryl/α,β-unsaturated/α-hetero) is 1. The van der Waals surface area contributed by atoms with Crippen LogP contribution in [0.15, 0.2) is 22.9 Å². The summed E-state index contributed by atoms with van der Waals surface area (Å²) in [5.74, 6) is 0.0687. The minimum absolute atomic E-state index is 0.0687. The van der Waals surface area contributed by atoms with Gasteiger partial charge in [0.2, 0.25) is 0 Å². The van der Waals surface area contributed by atoms with Crippen molar-refractivity contribution in [3.63, 3.8) is 0 Å². The van der Waals surface area contributed by atoms with Gasteiger partial charge in [-0.25, -0.2) is 0 Å². The van der Waals surface area contributed by atoms with E-state index in [2.05, 4.69) is 32.9 Å². The lowest BCUT2D eigenvalue weighted by atomic mass is 10.1. The Hall–Kier alpha value is -1.49. The summed E-state index contributed by atoms with van der Waals surface area (Å²) in [6.07, 6.45) is 4.56. The molecule has 0 aliphatic heterocycles. The zero-order chi connectivity index (χ0) is 14.7. The average molecular weight is 336 g/mol. The Morgan fingerprint density at radius 1 is 1.35 bits per heavy atom. The number of pyridine rings is 1. The van der Waals surface area contributed by atoms with Crippen molar-refractivity contribution in [3.05, 3.63) is 45.4 Å². The van der Waals surface area contributed by atoms with E-state index in [4.69, 9.17) is 0 Å². The standard InChI is InChI=1S/C15H18BrN3O/c1-4-12-15(16)13(19(5-2)18-12)7-14(20)11-6-10(3)8-17-9-11/h6,8-9H,4-5,7H2,1-3H3. The van der Waals surface area contributed by atoms with Crippen molar-refractivity contribution >= 4 is 21.7 Å². The normalized spacial score (nSPS) is 10.8. The lowest BCUT2D eigenvalue weighted by Gasteiger charge is -2.05. The van der Waals surface area contributed by atoms with Crippen LogP contribution in [0.1, 0.15) is 41.2 Å². The Balaban J connectivity index is 2.30. The highest BCUT2D eigenvalue weighted by molar-refractivity contribution is 9.10. The molecule has 2 heterocycles. The number of aromatic nitrogens is 3. The fourth-order valence-corrected chi connectivity index (χ4v) is 2.85. The molecular weight excluding hydrogens is 318 g/mol. The van der Waals surface area contributed by atoms with E-state index in [-0.39, 0.29) is 5.78 Å². The number of aryl methyl sites for hydroxylation is 3. The molecule has 2 aromatic heterocycles. The number of carbonyl (C=O) groups is 1. The number of hydrogen-bond acceptors (Lipinski definition) is 3. The van der Waals surface area contributed by atoms with Crippen molar-refractivity contribution in [1.29, 1.82) is 0 Å². The van der Waals surface area contributed by atoms with Crippen LogP contribution in [0.5, 0.6) is 0 Å². The molecule has 0 saturated heterocycles. The van der Waals surface area contributed by atoms with Gasteiger partial charge in [-0.2, -0.15) is 5.10 Å². The SMILES string of the molecule is CCc1nn(CC)c(CC(=O)c2cncc(C)c2)c1Br. The largest absolute Gasteiger partial charge is 0.294 e. The summed E-state index contributed by atoms with van der Waals surface area (Å²) < 4.78 is 2.85. The Morgan fingerprint density at radius 2 is 2.10 bits per heavy atom. The second kappa shape index (κ2) is 6.31. The number of rotatable bonds is 5. The first kappa shape index (κ1) is 14.9. The molecule has 106 valence electrons. The Bertz CT molecular complexity index is 634. The van der Waals surface area contributed by atoms with Crippen molar-refractivity contribution < 1.29 is 4.79 Å². The van der Waals surface area contributed by atoms with E-state index in [0.717, 1.165) is 34.4 Å². The van der Waals surface area contributed by atoms with Gasteiger partial charge in [-0.1, -0.05) is 6.92 Å². The molecular formula is C15H18BrN3O. The topological polar surface area (TPSA) is 47.8 Å². The molecule has 0 unspecified atom stereocenters. The van der Waals surface area contributed by atoms with E-state index >= 15 is 0 Å². The van der Waals surface area contributed by atoms with E-state index < -0.39 is 0 Å². The van der Waals surface area contributed by atoms with Crippen LogP contribution in [0.4, 0.5) is 0 Å². The van der Waals surface area contributed by atoms with Crippen LogP contribution >= 0.6 is 15.9 Å². The second-order valence-corrected chi connectivity index (χ2v) is 5.52. The minimum Gasteiger partial charge on any atom is -0.294 e. The van der Waals surface area contributed by atoms with Crippen molar-refractivity contribution in [3.8, 4) is 0 Å². The predicted octanol–water partition coefficient (Wildman–Crippen LogP) is 3.36. The van der Waals surface area contributed by atoms with Crippen LogP contribution in [0.25, 0.3) is 0 Å². The van der Waals surface area contributed by atoms with Gasteiger partial charge in [-0.05, 0) is 47.8 Å². The Labute approximate surface area is 127 Å². The van der Waals surface area contributed by atoms with Crippen LogP contribution in [0.3, 0.4) is 0 Å². The van der Waals surface area contributed by atoms with E-state index in [1.165, 1.54) is 0 Å². The maximum atomic E-state index is 12.4. The molecule has 0 atom stereocenters. The average Bonchev–Trinajstić information content (AvgIpc) is 2.75. The third kappa shape index (κ3) is 2.98. The zero-order valence-corrected chi connectivity index (χ0v) is 13.6. The molecule has 0 aromatic carbocycles. The summed E-state index contributed by atoms with van der Waals surface area (Å²) in [6, 6.07) is 1.87. The first-order valence-corrected chi connectivity index (χ1v) is 7.55. The summed E-state index contributed by atoms with van der Waals surface area (Å²) >= 11 is 3.57. The molecule has 20 heavy (non-hydrogen) atoms. The van der Waals surface area contributed by atoms with Crippen LogP contribution in [0.2, 0.25) is 0 Å². The van der Waals surface area contributed by atoms with Gasteiger partial charge in [0.25, 0.3) is 0 Å². The fraction of sp³-hybridized carbons (Fsp3) is 0.400. The number of ketones is 1. The van der Waals surface area contributed by atoms with Crippen molar-refractivity contribution in [2.24, 2.45) is 0 Å². The van der Waals surface area contributed by atoms with Crippen LogP contribution < -0.4 is 0 Å². The third-order valence-electron chi connectivity index (χ3n) is 3.22. The number of hydrogen-bond donors (Lipinski definition) is 0. The smallest absolute Gasteiger partial charge is 0.170 e. The van der Waals surface area contributed by atoms with Gasteiger partial charge in [0.05, 0.1) is 22.3 Å². The van der Waals surface area contributed by atoms with Crippen LogP contribution in [-0.2, 0) is 19.4 Å². The molecule has 0 saturated carbocycles. The molecule has 0 aliphatic rings. The van der Waals surface area contributed by atoms with Gasteiger partial charge < -0.3 is 0 Å². The predicted molar refractivity (Wildman–Crippen MR) is 82.0 cm³/mol. The second-order valence-electron chi connectivity index (χ2n) is 4.73. The van der Waals surface area contributed by atoms with E-state index in [9.17, 15) is 4.79 Å². The fourth-order valence-electron chi connectivity index (χ4n) is 2.15. The quantitative estimate of drug-likeness (QED) is 0.787. The molecule has 2 aromatic rings. The summed E-state index contributed by atoms with van der Waals surface area (Å²) in [5, 5.41) is 4.51. The first-order valence-electron chi connectivity index (χ1n) is 6.75. The summed E-state index contributed by atoms with van der Waals surface area (Å²) in [5.41, 5.74) is 3.58. The van der Waals surface area contributed by atoms with Crippen LogP contribution in [0, 0.1) is 6.92 Å². The third-order valence-corrected chi connectivity index (χ3v) is 4.13. The Kier molecular flexibility index (Phi) is 4.70. The molecule has 0 bridgehead atoms. The molecule has 0 N–H and O–H groups in total. The molecule has 0 radical (unpaired) electrons. The van der Waals surface area contributed by atoms with Gasteiger partial charge in [0, 0.05) is 24.5 Å². The van der Waals surface area contributed by atoms with Gasteiger partial charge >= 0.3 is 0 Å². The van der Waals surface area contributed by atoms with Gasteiger partial charge in [0.15, 0.2) is 5.78 Å². The monoisotopic (exact) mass is 335 g/mol. The highest BCUT2D eigenvalue weighted by Gasteiger charge is 2.18. The van der Waals surface area contributed by atoms with Crippen molar-refractivity contribution in [1.82, 2.24) is 14.8 Å². The number of carbonyl (C=O) groups excluding carboxylic acids is 1. The van der Waals surface area contributed by atoms with E-state index in [1.54, 1.807) is 12.4 Å². The first-order chi connectivity index (χ1) is 9.56. The molecule has 2 rings (SSSR count). The van der Waals surface area contributed by atoms with Gasteiger partial charge in [-0.15, -0.1) is 0 Å². The summed E-state index contributed by atoms with van der Waals surface area (Å²) in [7, 11) is 0. The molecule has 0 fully saturated rings. The highest BCUT2D eigenvalue weighted by atomic mass is 79.9. The molecule has 0 spiro atoms. The number of nitrogens with zero attached hydrogens (tertiary/aromatic N) is 3. The highest BCUT2D eigenvalue weighted by Crippen LogP contribution is 2.23. The summed E-state index contributed by atoms with van der Waals surface area (Å²) in [6.45, 7) is 6.78. The molecule has 5 heteroatoms. The Morgan fingerprint density at radius 3 is 2.70 bits per heavy atom. The summed E-state index contributed by atoms with van der Waals surface area (Å²) in [4.78, 5) is 16.5. The van der Waals surface area contributed by atoms with Crippen molar-refractivity contribution in [2.75, 3.05) is 0 Å². The maximum Gasteiger partial charge on any atom is 0.170 e. The van der Waals surface area contributed by atoms with E-state index in [0.29, 0.717) is 12.0 Å². The van der Waals surface area contributed by atoms with Gasteiger partial charge in [0.1, 0.15) is 0 Å². The molecule has 0 amide bonds. The lowest BCUT2D eigenvalue weighted by Crippen LogP contribution is -2.10. The molecule has 0 aliphatic carbocycles. The number of halogens is 1. The van der Waals surface area contributed by atoms with Crippen LogP contribution in [-0.4, -0.2) is 20.5 Å². The van der Waals surface area contributed by atoms with Gasteiger partial charge in [-0.3, -0.25) is 14.5 Å². The van der Waals surface area contributed by atoms with Crippen molar-refractivity contribution in [2.45, 2.75) is 40.2 Å². The lowest BCUT2D eigenvalue weighted by molar-refractivity contribution is 0.0990. The maximum absolute atomic E-state index is 12.4. The minimum atomic E-state index is 0.0687. The molecule has 4 nitrogen and oxygen atoms in total. The zero-order valence-electron chi connectivity index (χ0n) is 12.0.